The van der Waals surface area contributed by atoms with Crippen LogP contribution in [0, 0.1) is 12.3 Å². The van der Waals surface area contributed by atoms with Crippen LogP contribution in [0.3, 0.4) is 0 Å². The van der Waals surface area contributed by atoms with Crippen LogP contribution in [0.2, 0.25) is 5.02 Å². The van der Waals surface area contributed by atoms with Gasteiger partial charge in [-0.05, 0) is 60.5 Å². The number of benzene rings is 4. The number of rotatable bonds is 5. The third kappa shape index (κ3) is 4.38. The summed E-state index contributed by atoms with van der Waals surface area (Å²) in [6.07, 6.45) is 0. The molecule has 5 nitrogen and oxygen atoms in total. The highest BCUT2D eigenvalue weighted by molar-refractivity contribution is 6.31. The number of amides is 1. The Labute approximate surface area is 208 Å². The number of nitrogens with one attached hydrogen (secondary N) is 2. The van der Waals surface area contributed by atoms with Crippen molar-refractivity contribution < 1.29 is 4.79 Å². The summed E-state index contributed by atoms with van der Waals surface area (Å²) in [6.45, 7) is 4.05. The predicted molar refractivity (Wildman–Crippen MR) is 142 cm³/mol. The molecule has 4 aromatic carbocycles. The van der Waals surface area contributed by atoms with Gasteiger partial charge in [-0.25, -0.2) is 0 Å². The number of halogens is 1. The molecule has 5 rings (SSSR count). The van der Waals surface area contributed by atoms with Gasteiger partial charge in [0, 0.05) is 28.9 Å². The van der Waals surface area contributed by atoms with Gasteiger partial charge in [0.1, 0.15) is 0 Å². The maximum Gasteiger partial charge on any atom is 0.221 e. The average Bonchev–Trinajstić information content (AvgIpc) is 3.13. The maximum atomic E-state index is 11.7. The Bertz CT molecular complexity index is 1610. The number of para-hydroxylation sites is 2. The van der Waals surface area contributed by atoms with Crippen molar-refractivity contribution in [2.75, 3.05) is 5.32 Å². The summed E-state index contributed by atoms with van der Waals surface area (Å²) in [5.74, 6) is -0.104. The van der Waals surface area contributed by atoms with E-state index in [0.717, 1.165) is 44.7 Å². The number of aromatic nitrogens is 2. The van der Waals surface area contributed by atoms with Crippen molar-refractivity contribution >= 4 is 34.2 Å². The first-order valence-corrected chi connectivity index (χ1v) is 11.8. The fraction of sp³-hybridized carbons (Fsp3) is 0.103. The molecular formula is C29H25ClN4O. The number of imidazole rings is 1. The number of hydrogen-bond donors (Lipinski definition) is 2. The highest BCUT2D eigenvalue weighted by Crippen LogP contribution is 2.30. The summed E-state index contributed by atoms with van der Waals surface area (Å²) >= 11 is 6.42. The van der Waals surface area contributed by atoms with Gasteiger partial charge < -0.3 is 9.88 Å². The highest BCUT2D eigenvalue weighted by Gasteiger charge is 2.14. The number of hydrogen-bond acceptors (Lipinski definition) is 2. The second-order valence-electron chi connectivity index (χ2n) is 8.60. The van der Waals surface area contributed by atoms with Gasteiger partial charge in [0.05, 0.1) is 17.6 Å². The van der Waals surface area contributed by atoms with Crippen molar-refractivity contribution in [3.05, 3.63) is 113 Å². The van der Waals surface area contributed by atoms with Crippen LogP contribution in [-0.2, 0) is 11.3 Å². The van der Waals surface area contributed by atoms with Crippen molar-refractivity contribution in [2.24, 2.45) is 0 Å². The second kappa shape index (κ2) is 9.28. The molecule has 1 heterocycles. The second-order valence-corrected chi connectivity index (χ2v) is 9.01. The van der Waals surface area contributed by atoms with Gasteiger partial charge in [-0.3, -0.25) is 14.8 Å². The van der Waals surface area contributed by atoms with Crippen LogP contribution >= 0.6 is 11.6 Å². The Morgan fingerprint density at radius 3 is 2.31 bits per heavy atom. The molecule has 6 heteroatoms. The van der Waals surface area contributed by atoms with Gasteiger partial charge in [-0.15, -0.1) is 0 Å². The minimum atomic E-state index is -0.104. The molecule has 0 saturated carbocycles. The monoisotopic (exact) mass is 480 g/mol. The molecule has 0 aliphatic rings. The lowest BCUT2D eigenvalue weighted by Gasteiger charge is -2.12. The van der Waals surface area contributed by atoms with E-state index in [9.17, 15) is 4.79 Å². The van der Waals surface area contributed by atoms with Gasteiger partial charge in [-0.2, -0.15) is 0 Å². The molecule has 0 fully saturated rings. The lowest BCUT2D eigenvalue weighted by atomic mass is 10.0. The van der Waals surface area contributed by atoms with Crippen LogP contribution in [0.25, 0.3) is 27.8 Å². The van der Waals surface area contributed by atoms with Crippen LogP contribution in [-0.4, -0.2) is 15.0 Å². The molecule has 35 heavy (non-hydrogen) atoms. The minimum absolute atomic E-state index is 0.104. The summed E-state index contributed by atoms with van der Waals surface area (Å²) in [6, 6.07) is 29.8. The Kier molecular flexibility index (Phi) is 6.01. The van der Waals surface area contributed by atoms with E-state index in [1.165, 1.54) is 6.92 Å². The third-order valence-electron chi connectivity index (χ3n) is 6.09. The smallest absolute Gasteiger partial charge is 0.221 e. The quantitative estimate of drug-likeness (QED) is 0.294. The molecule has 0 aliphatic carbocycles. The van der Waals surface area contributed by atoms with Crippen LogP contribution in [0.1, 0.15) is 18.1 Å². The molecule has 5 aromatic rings. The van der Waals surface area contributed by atoms with Crippen molar-refractivity contribution in [1.29, 1.82) is 5.41 Å². The molecule has 174 valence electrons. The number of aryl methyl sites for hydroxylation is 1. The average molecular weight is 481 g/mol. The molecule has 1 aromatic heterocycles. The zero-order valence-electron chi connectivity index (χ0n) is 19.5. The highest BCUT2D eigenvalue weighted by atomic mass is 35.5. The van der Waals surface area contributed by atoms with Crippen molar-refractivity contribution in [3.63, 3.8) is 0 Å². The van der Waals surface area contributed by atoms with E-state index in [4.69, 9.17) is 17.0 Å². The molecule has 0 saturated heterocycles. The number of carbonyl (C=O) groups excluding carboxylic acids is 1. The lowest BCUT2D eigenvalue weighted by Crippen LogP contribution is -2.24. The number of anilines is 1. The fourth-order valence-corrected chi connectivity index (χ4v) is 4.63. The molecule has 0 atom stereocenters. The van der Waals surface area contributed by atoms with Crippen LogP contribution in [0.5, 0.6) is 0 Å². The summed E-state index contributed by atoms with van der Waals surface area (Å²) in [7, 11) is 0. The molecule has 0 aliphatic heterocycles. The molecular weight excluding hydrogens is 456 g/mol. The van der Waals surface area contributed by atoms with Crippen molar-refractivity contribution in [2.45, 2.75) is 20.4 Å². The Morgan fingerprint density at radius 2 is 1.60 bits per heavy atom. The molecule has 0 spiro atoms. The standard InChI is InChI=1S/C29H25ClN4O/c1-19-11-16-26(32-20(2)35)24(17-19)21-12-14-23(15-13-21)34-28-10-6-5-9-27(28)33(29(34)31)18-22-7-3-4-8-25(22)30/h3-17,31H,18H2,1-2H3,(H,32,35). The molecule has 0 bridgehead atoms. The number of carbonyl (C=O) groups is 1. The summed E-state index contributed by atoms with van der Waals surface area (Å²) in [4.78, 5) is 11.7. The van der Waals surface area contributed by atoms with E-state index in [1.807, 2.05) is 101 Å². The van der Waals surface area contributed by atoms with E-state index < -0.39 is 0 Å². The van der Waals surface area contributed by atoms with Gasteiger partial charge in [0.15, 0.2) is 0 Å². The maximum absolute atomic E-state index is 11.7. The fourth-order valence-electron chi connectivity index (χ4n) is 4.43. The first kappa shape index (κ1) is 22.7. The number of nitrogens with zero attached hydrogens (tertiary/aromatic N) is 2. The zero-order chi connectivity index (χ0) is 24.5. The van der Waals surface area contributed by atoms with Gasteiger partial charge in [0.2, 0.25) is 11.5 Å². The zero-order valence-corrected chi connectivity index (χ0v) is 20.3. The molecule has 0 unspecified atom stereocenters. The van der Waals surface area contributed by atoms with E-state index in [2.05, 4.69) is 11.4 Å². The van der Waals surface area contributed by atoms with Crippen LogP contribution < -0.4 is 10.9 Å². The normalized spacial score (nSPS) is 11.1. The van der Waals surface area contributed by atoms with E-state index in [-0.39, 0.29) is 5.91 Å². The van der Waals surface area contributed by atoms with Crippen molar-refractivity contribution in [1.82, 2.24) is 9.13 Å². The predicted octanol–water partition coefficient (Wildman–Crippen LogP) is 6.55. The third-order valence-corrected chi connectivity index (χ3v) is 6.46. The van der Waals surface area contributed by atoms with Crippen molar-refractivity contribution in [3.8, 4) is 16.8 Å². The topological polar surface area (TPSA) is 62.8 Å². The van der Waals surface area contributed by atoms with Crippen LogP contribution in [0.4, 0.5) is 5.69 Å². The Hall–Kier alpha value is -4.09. The van der Waals surface area contributed by atoms with E-state index in [0.29, 0.717) is 17.2 Å². The molecule has 1 amide bonds. The lowest BCUT2D eigenvalue weighted by molar-refractivity contribution is -0.114. The molecule has 0 radical (unpaired) electrons. The Balaban J connectivity index is 1.60. The summed E-state index contributed by atoms with van der Waals surface area (Å²) < 4.78 is 3.92. The SMILES string of the molecule is CC(=O)Nc1ccc(C)cc1-c1ccc(-n2c(=N)n(Cc3ccccc3Cl)c3ccccc32)cc1. The van der Waals surface area contributed by atoms with Crippen LogP contribution in [0.15, 0.2) is 91.0 Å². The first-order valence-electron chi connectivity index (χ1n) is 11.4. The van der Waals surface area contributed by atoms with Gasteiger partial charge in [-0.1, -0.05) is 65.7 Å². The Morgan fingerprint density at radius 1 is 0.914 bits per heavy atom. The summed E-state index contributed by atoms with van der Waals surface area (Å²) in [5, 5.41) is 12.6. The first-order chi connectivity index (χ1) is 16.9. The van der Waals surface area contributed by atoms with Gasteiger partial charge in [0.25, 0.3) is 0 Å². The molecule has 2 N–H and O–H groups in total. The summed E-state index contributed by atoms with van der Waals surface area (Å²) in [5.41, 5.74) is 7.99. The largest absolute Gasteiger partial charge is 0.326 e. The number of fused-ring (bicyclic) bond motifs is 1. The van der Waals surface area contributed by atoms with Gasteiger partial charge >= 0.3 is 0 Å². The minimum Gasteiger partial charge on any atom is -0.326 e. The van der Waals surface area contributed by atoms with E-state index in [1.54, 1.807) is 0 Å². The van der Waals surface area contributed by atoms with E-state index >= 15 is 0 Å².